The molecule has 4 heteroatoms. The zero-order valence-electron chi connectivity index (χ0n) is 14.5. The van der Waals surface area contributed by atoms with E-state index in [9.17, 15) is 4.79 Å². The lowest BCUT2D eigenvalue weighted by Crippen LogP contribution is -2.49. The van der Waals surface area contributed by atoms with E-state index in [0.29, 0.717) is 0 Å². The first-order valence-electron chi connectivity index (χ1n) is 8.92. The Kier molecular flexibility index (Phi) is 3.93. The van der Waals surface area contributed by atoms with Gasteiger partial charge in [0.25, 0.3) is 5.91 Å². The second-order valence-electron chi connectivity index (χ2n) is 7.06. The molecule has 0 bridgehead atoms. The largest absolute Gasteiger partial charge is 0.336 e. The summed E-state index contributed by atoms with van der Waals surface area (Å²) < 4.78 is 2.21. The second kappa shape index (κ2) is 6.10. The van der Waals surface area contributed by atoms with Crippen molar-refractivity contribution in [2.75, 3.05) is 26.2 Å². The van der Waals surface area contributed by atoms with Gasteiger partial charge in [0.05, 0.1) is 0 Å². The molecule has 4 rings (SSSR count). The number of aromatic nitrogens is 1. The first-order chi connectivity index (χ1) is 11.6. The summed E-state index contributed by atoms with van der Waals surface area (Å²) in [6.45, 7) is 7.96. The van der Waals surface area contributed by atoms with Gasteiger partial charge in [0.1, 0.15) is 0 Å². The fourth-order valence-corrected chi connectivity index (χ4v) is 3.74. The van der Waals surface area contributed by atoms with Crippen LogP contribution in [-0.4, -0.2) is 52.5 Å². The lowest BCUT2D eigenvalue weighted by molar-refractivity contribution is 0.0627. The molecule has 24 heavy (non-hydrogen) atoms. The summed E-state index contributed by atoms with van der Waals surface area (Å²) in [7, 11) is 0. The SMILES string of the molecule is Cc1ccc(C)n1-c1ccc(C(=O)N2CCN(C3CC3)CC2)cc1. The van der Waals surface area contributed by atoms with Gasteiger partial charge in [0.15, 0.2) is 0 Å². The standard InChI is InChI=1S/C20H25N3O/c1-15-3-4-16(2)23(15)19-7-5-17(6-8-19)20(24)22-13-11-21(12-14-22)18-9-10-18/h3-8,18H,9-14H2,1-2H3. The highest BCUT2D eigenvalue weighted by molar-refractivity contribution is 5.94. The highest BCUT2D eigenvalue weighted by Gasteiger charge is 2.32. The zero-order chi connectivity index (χ0) is 16.7. The molecule has 2 heterocycles. The topological polar surface area (TPSA) is 28.5 Å². The first kappa shape index (κ1) is 15.5. The summed E-state index contributed by atoms with van der Waals surface area (Å²) in [6.07, 6.45) is 2.68. The maximum absolute atomic E-state index is 12.7. The van der Waals surface area contributed by atoms with Crippen LogP contribution in [0.5, 0.6) is 0 Å². The third-order valence-corrected chi connectivity index (χ3v) is 5.31. The summed E-state index contributed by atoms with van der Waals surface area (Å²) in [5.41, 5.74) is 4.33. The van der Waals surface area contributed by atoms with Crippen molar-refractivity contribution >= 4 is 5.91 Å². The predicted octanol–water partition coefficient (Wildman–Crippen LogP) is 3.01. The van der Waals surface area contributed by atoms with E-state index in [0.717, 1.165) is 43.5 Å². The van der Waals surface area contributed by atoms with E-state index >= 15 is 0 Å². The van der Waals surface area contributed by atoms with Gasteiger partial charge in [-0.3, -0.25) is 9.69 Å². The van der Waals surface area contributed by atoms with Gasteiger partial charge in [0, 0.05) is 54.9 Å². The van der Waals surface area contributed by atoms with Crippen molar-refractivity contribution in [1.82, 2.24) is 14.4 Å². The Morgan fingerprint density at radius 3 is 2.00 bits per heavy atom. The van der Waals surface area contributed by atoms with Gasteiger partial charge in [0.2, 0.25) is 0 Å². The average Bonchev–Trinajstić information content (AvgIpc) is 3.40. The molecule has 4 nitrogen and oxygen atoms in total. The van der Waals surface area contributed by atoms with E-state index in [1.165, 1.54) is 24.2 Å². The number of piperazine rings is 1. The van der Waals surface area contributed by atoms with Crippen molar-refractivity contribution in [3.05, 3.63) is 53.3 Å². The number of hydrogen-bond acceptors (Lipinski definition) is 2. The Morgan fingerprint density at radius 1 is 0.875 bits per heavy atom. The number of hydrogen-bond donors (Lipinski definition) is 0. The van der Waals surface area contributed by atoms with Crippen molar-refractivity contribution < 1.29 is 4.79 Å². The summed E-state index contributed by atoms with van der Waals surface area (Å²) in [4.78, 5) is 17.3. The smallest absolute Gasteiger partial charge is 0.253 e. The van der Waals surface area contributed by atoms with Crippen LogP contribution in [0, 0.1) is 13.8 Å². The van der Waals surface area contributed by atoms with Crippen LogP contribution in [0.15, 0.2) is 36.4 Å². The molecule has 126 valence electrons. The Hall–Kier alpha value is -2.07. The Morgan fingerprint density at radius 2 is 1.46 bits per heavy atom. The lowest BCUT2D eigenvalue weighted by atomic mass is 10.1. The minimum absolute atomic E-state index is 0.165. The molecule has 0 spiro atoms. The quantitative estimate of drug-likeness (QED) is 0.869. The van der Waals surface area contributed by atoms with Crippen LogP contribution in [0.2, 0.25) is 0 Å². The van der Waals surface area contributed by atoms with Crippen LogP contribution >= 0.6 is 0 Å². The summed E-state index contributed by atoms with van der Waals surface area (Å²) >= 11 is 0. The third kappa shape index (κ3) is 2.86. The third-order valence-electron chi connectivity index (χ3n) is 5.31. The number of rotatable bonds is 3. The van der Waals surface area contributed by atoms with Crippen molar-refractivity contribution in [2.24, 2.45) is 0 Å². The molecular weight excluding hydrogens is 298 g/mol. The Labute approximate surface area is 143 Å². The molecule has 0 N–H and O–H groups in total. The first-order valence-corrected chi connectivity index (χ1v) is 8.92. The number of carbonyl (C=O) groups is 1. The van der Waals surface area contributed by atoms with E-state index in [4.69, 9.17) is 0 Å². The molecular formula is C20H25N3O. The summed E-state index contributed by atoms with van der Waals surface area (Å²) in [5.74, 6) is 0.165. The van der Waals surface area contributed by atoms with Gasteiger partial charge in [-0.2, -0.15) is 0 Å². The number of nitrogens with zero attached hydrogens (tertiary/aromatic N) is 3. The Bertz CT molecular complexity index is 715. The van der Waals surface area contributed by atoms with E-state index in [1.807, 2.05) is 29.2 Å². The molecule has 1 amide bonds. The molecule has 0 radical (unpaired) electrons. The predicted molar refractivity (Wildman–Crippen MR) is 95.7 cm³/mol. The fraction of sp³-hybridized carbons (Fsp3) is 0.450. The van der Waals surface area contributed by atoms with E-state index in [1.54, 1.807) is 0 Å². The number of amides is 1. The molecule has 1 aromatic carbocycles. The van der Waals surface area contributed by atoms with Crippen LogP contribution in [0.3, 0.4) is 0 Å². The van der Waals surface area contributed by atoms with Crippen LogP contribution in [0.1, 0.15) is 34.6 Å². The average molecular weight is 323 g/mol. The highest BCUT2D eigenvalue weighted by atomic mass is 16.2. The normalized spacial score (nSPS) is 18.8. The van der Waals surface area contributed by atoms with Gasteiger partial charge in [-0.1, -0.05) is 0 Å². The molecule has 1 aromatic heterocycles. The minimum Gasteiger partial charge on any atom is -0.336 e. The molecule has 0 unspecified atom stereocenters. The molecule has 2 aromatic rings. The van der Waals surface area contributed by atoms with Gasteiger partial charge in [-0.15, -0.1) is 0 Å². The molecule has 1 aliphatic carbocycles. The van der Waals surface area contributed by atoms with Gasteiger partial charge in [-0.05, 0) is 63.1 Å². The van der Waals surface area contributed by atoms with Gasteiger partial charge >= 0.3 is 0 Å². The minimum atomic E-state index is 0.165. The van der Waals surface area contributed by atoms with Crippen LogP contribution in [-0.2, 0) is 0 Å². The second-order valence-corrected chi connectivity index (χ2v) is 7.06. The van der Waals surface area contributed by atoms with Crippen molar-refractivity contribution in [3.8, 4) is 5.69 Å². The zero-order valence-corrected chi connectivity index (χ0v) is 14.5. The monoisotopic (exact) mass is 323 g/mol. The number of aryl methyl sites for hydroxylation is 2. The van der Waals surface area contributed by atoms with Crippen molar-refractivity contribution in [3.63, 3.8) is 0 Å². The number of carbonyl (C=O) groups excluding carboxylic acids is 1. The fourth-order valence-electron chi connectivity index (χ4n) is 3.74. The lowest BCUT2D eigenvalue weighted by Gasteiger charge is -2.34. The highest BCUT2D eigenvalue weighted by Crippen LogP contribution is 2.27. The maximum Gasteiger partial charge on any atom is 0.253 e. The van der Waals surface area contributed by atoms with E-state index < -0.39 is 0 Å². The molecule has 2 aliphatic rings. The molecule has 0 atom stereocenters. The van der Waals surface area contributed by atoms with Gasteiger partial charge in [-0.25, -0.2) is 0 Å². The molecule has 2 fully saturated rings. The van der Waals surface area contributed by atoms with Crippen molar-refractivity contribution in [2.45, 2.75) is 32.7 Å². The van der Waals surface area contributed by atoms with Crippen molar-refractivity contribution in [1.29, 1.82) is 0 Å². The molecule has 1 aliphatic heterocycles. The van der Waals surface area contributed by atoms with E-state index in [2.05, 4.69) is 35.4 Å². The number of benzene rings is 1. The van der Waals surface area contributed by atoms with Crippen LogP contribution < -0.4 is 0 Å². The Balaban J connectivity index is 1.45. The van der Waals surface area contributed by atoms with Crippen LogP contribution in [0.25, 0.3) is 5.69 Å². The maximum atomic E-state index is 12.7. The van der Waals surface area contributed by atoms with Crippen LogP contribution in [0.4, 0.5) is 0 Å². The van der Waals surface area contributed by atoms with E-state index in [-0.39, 0.29) is 5.91 Å². The summed E-state index contributed by atoms with van der Waals surface area (Å²) in [5, 5.41) is 0. The molecule has 1 saturated heterocycles. The molecule has 1 saturated carbocycles. The summed E-state index contributed by atoms with van der Waals surface area (Å²) in [6, 6.07) is 13.1. The van der Waals surface area contributed by atoms with Gasteiger partial charge < -0.3 is 9.47 Å².